The summed E-state index contributed by atoms with van der Waals surface area (Å²) in [7, 11) is 0. The lowest BCUT2D eigenvalue weighted by Gasteiger charge is -2.16. The summed E-state index contributed by atoms with van der Waals surface area (Å²) >= 11 is 6.12. The van der Waals surface area contributed by atoms with Gasteiger partial charge in [0.1, 0.15) is 0 Å². The maximum atomic E-state index is 12.8. The lowest BCUT2D eigenvalue weighted by molar-refractivity contribution is -0.146. The third-order valence-electron chi connectivity index (χ3n) is 4.34. The van der Waals surface area contributed by atoms with E-state index in [1.165, 1.54) is 24.3 Å². The van der Waals surface area contributed by atoms with Gasteiger partial charge in [0.2, 0.25) is 0 Å². The van der Waals surface area contributed by atoms with E-state index >= 15 is 0 Å². The Balaban J connectivity index is 1.70. The van der Waals surface area contributed by atoms with Gasteiger partial charge in [-0.2, -0.15) is 13.2 Å². The SMILES string of the molecule is CC(c1ccc(NC(=O)c2ccc(-c3ncccc3Cl)cc2)cc1)C(F)(F)F. The molecule has 3 nitrogen and oxygen atoms in total. The summed E-state index contributed by atoms with van der Waals surface area (Å²) in [5.74, 6) is -1.93. The Kier molecular flexibility index (Phi) is 5.70. The molecule has 1 amide bonds. The first-order chi connectivity index (χ1) is 13.3. The molecule has 1 heterocycles. The second-order valence-electron chi connectivity index (χ2n) is 6.25. The fourth-order valence-electron chi connectivity index (χ4n) is 2.62. The van der Waals surface area contributed by atoms with Gasteiger partial charge in [0.05, 0.1) is 16.6 Å². The Morgan fingerprint density at radius 1 is 1.04 bits per heavy atom. The predicted molar refractivity (Wildman–Crippen MR) is 104 cm³/mol. The van der Waals surface area contributed by atoms with Crippen molar-refractivity contribution in [2.24, 2.45) is 0 Å². The van der Waals surface area contributed by atoms with Crippen LogP contribution in [0.3, 0.4) is 0 Å². The summed E-state index contributed by atoms with van der Waals surface area (Å²) in [4.78, 5) is 16.6. The predicted octanol–water partition coefficient (Wildman–Crippen LogP) is 6.32. The van der Waals surface area contributed by atoms with Crippen LogP contribution in [0.4, 0.5) is 18.9 Å². The Morgan fingerprint density at radius 3 is 2.25 bits per heavy atom. The number of alkyl halides is 3. The molecular weight excluding hydrogens is 389 g/mol. The van der Waals surface area contributed by atoms with Gasteiger partial charge in [0, 0.05) is 23.0 Å². The quantitative estimate of drug-likeness (QED) is 0.552. The lowest BCUT2D eigenvalue weighted by Crippen LogP contribution is -2.17. The normalized spacial score (nSPS) is 12.5. The third-order valence-corrected chi connectivity index (χ3v) is 4.64. The Labute approximate surface area is 165 Å². The summed E-state index contributed by atoms with van der Waals surface area (Å²) in [6.45, 7) is 1.10. The maximum absolute atomic E-state index is 12.8. The van der Waals surface area contributed by atoms with Crippen molar-refractivity contribution in [2.45, 2.75) is 19.0 Å². The largest absolute Gasteiger partial charge is 0.395 e. The molecule has 1 atom stereocenters. The van der Waals surface area contributed by atoms with Gasteiger partial charge in [-0.1, -0.05) is 35.9 Å². The molecule has 0 radical (unpaired) electrons. The number of carbonyl (C=O) groups excluding carboxylic acids is 1. The number of pyridine rings is 1. The number of nitrogens with one attached hydrogen (secondary N) is 1. The van der Waals surface area contributed by atoms with E-state index in [2.05, 4.69) is 10.3 Å². The number of halogens is 4. The number of amides is 1. The number of carbonyl (C=O) groups is 1. The lowest BCUT2D eigenvalue weighted by atomic mass is 10.0. The number of rotatable bonds is 4. The van der Waals surface area contributed by atoms with Gasteiger partial charge in [-0.05, 0) is 48.9 Å². The highest BCUT2D eigenvalue weighted by Crippen LogP contribution is 2.34. The number of anilines is 1. The minimum atomic E-state index is -4.30. The first kappa shape index (κ1) is 19.9. The third kappa shape index (κ3) is 4.51. The molecule has 0 aliphatic heterocycles. The minimum absolute atomic E-state index is 0.141. The van der Waals surface area contributed by atoms with Crippen molar-refractivity contribution in [2.75, 3.05) is 5.32 Å². The molecule has 0 saturated heterocycles. The van der Waals surface area contributed by atoms with E-state index < -0.39 is 12.1 Å². The van der Waals surface area contributed by atoms with Crippen molar-refractivity contribution in [3.63, 3.8) is 0 Å². The highest BCUT2D eigenvalue weighted by Gasteiger charge is 2.36. The van der Waals surface area contributed by atoms with Crippen molar-refractivity contribution in [3.8, 4) is 11.3 Å². The summed E-state index contributed by atoms with van der Waals surface area (Å²) in [5, 5.41) is 3.18. The monoisotopic (exact) mass is 404 g/mol. The molecule has 0 aliphatic carbocycles. The zero-order valence-corrected chi connectivity index (χ0v) is 15.6. The van der Waals surface area contributed by atoms with Crippen LogP contribution >= 0.6 is 11.6 Å². The van der Waals surface area contributed by atoms with Crippen molar-refractivity contribution in [1.29, 1.82) is 0 Å². The van der Waals surface area contributed by atoms with E-state index in [9.17, 15) is 18.0 Å². The number of benzene rings is 2. The van der Waals surface area contributed by atoms with Gasteiger partial charge in [-0.25, -0.2) is 0 Å². The first-order valence-corrected chi connectivity index (χ1v) is 8.82. The molecule has 0 spiro atoms. The maximum Gasteiger partial charge on any atom is 0.395 e. The van der Waals surface area contributed by atoms with E-state index in [0.29, 0.717) is 22.0 Å². The summed E-state index contributed by atoms with van der Waals surface area (Å²) < 4.78 is 38.3. The van der Waals surface area contributed by atoms with E-state index in [0.717, 1.165) is 12.5 Å². The van der Waals surface area contributed by atoms with Crippen molar-refractivity contribution in [1.82, 2.24) is 4.98 Å². The van der Waals surface area contributed by atoms with Crippen LogP contribution in [-0.4, -0.2) is 17.1 Å². The summed E-state index contributed by atoms with van der Waals surface area (Å²) in [6, 6.07) is 15.8. The van der Waals surface area contributed by atoms with Crippen molar-refractivity contribution < 1.29 is 18.0 Å². The fraction of sp³-hybridized carbons (Fsp3) is 0.143. The fourth-order valence-corrected chi connectivity index (χ4v) is 2.86. The van der Waals surface area contributed by atoms with Crippen LogP contribution in [0.15, 0.2) is 66.9 Å². The van der Waals surface area contributed by atoms with Crippen LogP contribution in [0.25, 0.3) is 11.3 Å². The number of hydrogen-bond donors (Lipinski definition) is 1. The molecule has 3 rings (SSSR count). The van der Waals surface area contributed by atoms with E-state index in [1.54, 1.807) is 42.6 Å². The van der Waals surface area contributed by atoms with Crippen molar-refractivity contribution >= 4 is 23.2 Å². The van der Waals surface area contributed by atoms with Crippen molar-refractivity contribution in [3.05, 3.63) is 83.0 Å². The molecule has 7 heteroatoms. The van der Waals surface area contributed by atoms with E-state index in [4.69, 9.17) is 11.6 Å². The van der Waals surface area contributed by atoms with Crippen LogP contribution in [0.5, 0.6) is 0 Å². The zero-order chi connectivity index (χ0) is 20.3. The van der Waals surface area contributed by atoms with Gasteiger partial charge < -0.3 is 5.32 Å². The van der Waals surface area contributed by atoms with Crippen LogP contribution in [0, 0.1) is 0 Å². The molecule has 1 unspecified atom stereocenters. The van der Waals surface area contributed by atoms with Crippen LogP contribution in [0.2, 0.25) is 5.02 Å². The summed E-state index contributed by atoms with van der Waals surface area (Å²) in [6.07, 6.45) is -2.67. The molecule has 144 valence electrons. The molecular formula is C21H16ClF3N2O. The van der Waals surface area contributed by atoms with Gasteiger partial charge in [-0.15, -0.1) is 0 Å². The van der Waals surface area contributed by atoms with E-state index in [1.807, 2.05) is 0 Å². The van der Waals surface area contributed by atoms with Crippen LogP contribution in [0.1, 0.15) is 28.8 Å². The second-order valence-corrected chi connectivity index (χ2v) is 6.66. The van der Waals surface area contributed by atoms with Gasteiger partial charge in [0.15, 0.2) is 0 Å². The molecule has 3 aromatic rings. The molecule has 0 fully saturated rings. The Morgan fingerprint density at radius 2 is 1.68 bits per heavy atom. The van der Waals surface area contributed by atoms with Gasteiger partial charge >= 0.3 is 6.18 Å². The smallest absolute Gasteiger partial charge is 0.322 e. The standard InChI is InChI=1S/C21H16ClF3N2O/c1-13(21(23,24)25)14-8-10-17(11-9-14)27-20(28)16-6-4-15(5-7-16)19-18(22)3-2-12-26-19/h2-13H,1H3,(H,27,28). The molecule has 1 aromatic heterocycles. The average Bonchev–Trinajstić information content (AvgIpc) is 2.68. The van der Waals surface area contributed by atoms with Gasteiger partial charge in [0.25, 0.3) is 5.91 Å². The Hall–Kier alpha value is -2.86. The first-order valence-electron chi connectivity index (χ1n) is 8.44. The minimum Gasteiger partial charge on any atom is -0.322 e. The van der Waals surface area contributed by atoms with E-state index in [-0.39, 0.29) is 11.5 Å². The molecule has 0 saturated carbocycles. The highest BCUT2D eigenvalue weighted by atomic mass is 35.5. The van der Waals surface area contributed by atoms with Crippen LogP contribution < -0.4 is 5.32 Å². The van der Waals surface area contributed by atoms with Gasteiger partial charge in [-0.3, -0.25) is 9.78 Å². The topological polar surface area (TPSA) is 42.0 Å². The molecule has 2 aromatic carbocycles. The summed E-state index contributed by atoms with van der Waals surface area (Å²) in [5.41, 5.74) is 2.35. The molecule has 0 aliphatic rings. The highest BCUT2D eigenvalue weighted by molar-refractivity contribution is 6.33. The zero-order valence-electron chi connectivity index (χ0n) is 14.8. The molecule has 0 bridgehead atoms. The number of nitrogens with zero attached hydrogens (tertiary/aromatic N) is 1. The molecule has 1 N–H and O–H groups in total. The average molecular weight is 405 g/mol. The molecule has 28 heavy (non-hydrogen) atoms. The second kappa shape index (κ2) is 8.02. The van der Waals surface area contributed by atoms with Crippen LogP contribution in [-0.2, 0) is 0 Å². The number of aromatic nitrogens is 1. The number of hydrogen-bond acceptors (Lipinski definition) is 2. The Bertz CT molecular complexity index is 970.